The number of esters is 1. The van der Waals surface area contributed by atoms with Gasteiger partial charge in [-0.05, 0) is 25.1 Å². The number of rotatable bonds is 3. The predicted octanol–water partition coefficient (Wildman–Crippen LogP) is 4.10. The van der Waals surface area contributed by atoms with E-state index in [-0.39, 0.29) is 24.3 Å². The van der Waals surface area contributed by atoms with Crippen LogP contribution in [0.2, 0.25) is 0 Å². The second-order valence-corrected chi connectivity index (χ2v) is 5.85. The summed E-state index contributed by atoms with van der Waals surface area (Å²) in [5.41, 5.74) is 4.06. The molecule has 0 aromatic heterocycles. The van der Waals surface area contributed by atoms with E-state index in [4.69, 9.17) is 5.73 Å². The van der Waals surface area contributed by atoms with Crippen LogP contribution in [0, 0.1) is 0 Å². The molecule has 0 atom stereocenters. The fourth-order valence-corrected chi connectivity index (χ4v) is 1.85. The number of carbonyl (C=O) groups excluding carboxylic acids is 1. The SMILES string of the molecule is CCOC(=O)c1ccc(S(F)(F)(F)(F)F)cc1N. The Bertz CT molecular complexity index is 499. The van der Waals surface area contributed by atoms with E-state index in [1.54, 1.807) is 0 Å². The Labute approximate surface area is 99.4 Å². The van der Waals surface area contributed by atoms with Crippen molar-refractivity contribution in [3.63, 3.8) is 0 Å². The normalized spacial score (nSPS) is 15.7. The van der Waals surface area contributed by atoms with E-state index in [1.165, 1.54) is 6.92 Å². The number of nitrogen functional groups attached to an aromatic ring is 1. The number of hydrogen-bond acceptors (Lipinski definition) is 3. The molecule has 0 aliphatic carbocycles. The van der Waals surface area contributed by atoms with Gasteiger partial charge in [-0.2, -0.15) is 0 Å². The van der Waals surface area contributed by atoms with Gasteiger partial charge in [0.2, 0.25) is 0 Å². The summed E-state index contributed by atoms with van der Waals surface area (Å²) < 4.78 is 66.7. The summed E-state index contributed by atoms with van der Waals surface area (Å²) in [4.78, 5) is 9.09. The van der Waals surface area contributed by atoms with Gasteiger partial charge in [-0.1, -0.05) is 19.4 Å². The molecule has 18 heavy (non-hydrogen) atoms. The fraction of sp³-hybridized carbons (Fsp3) is 0.222. The molecule has 2 N–H and O–H groups in total. The maximum Gasteiger partial charge on any atom is 0.340 e. The number of benzene rings is 1. The summed E-state index contributed by atoms with van der Waals surface area (Å²) in [7, 11) is -9.78. The molecule has 1 rings (SSSR count). The number of halogens is 5. The van der Waals surface area contributed by atoms with E-state index in [0.29, 0.717) is 6.07 Å². The highest BCUT2D eigenvalue weighted by Gasteiger charge is 2.65. The lowest BCUT2D eigenvalue weighted by Crippen LogP contribution is -2.11. The van der Waals surface area contributed by atoms with Gasteiger partial charge in [0, 0.05) is 5.69 Å². The molecule has 0 bridgehead atoms. The van der Waals surface area contributed by atoms with Crippen molar-refractivity contribution < 1.29 is 29.0 Å². The van der Waals surface area contributed by atoms with Gasteiger partial charge in [0.1, 0.15) is 4.90 Å². The lowest BCUT2D eigenvalue weighted by Gasteiger charge is -2.40. The molecule has 0 saturated heterocycles. The molecule has 0 amide bonds. The number of hydrogen-bond donors (Lipinski definition) is 1. The zero-order valence-electron chi connectivity index (χ0n) is 9.13. The summed E-state index contributed by atoms with van der Waals surface area (Å²) in [6, 6.07) is 0.721. The standard InChI is InChI=1S/C9H10F5NO2S/c1-2-17-9(16)7-4-3-6(5-8(7)15)18(10,11,12,13)14/h3-5H,2,15H2,1H3. The van der Waals surface area contributed by atoms with E-state index < -0.39 is 26.8 Å². The Morgan fingerprint density at radius 3 is 2.22 bits per heavy atom. The molecule has 9 heteroatoms. The summed E-state index contributed by atoms with van der Waals surface area (Å²) >= 11 is 0. The third kappa shape index (κ3) is 3.25. The highest BCUT2D eigenvalue weighted by atomic mass is 32.5. The first-order valence-electron chi connectivity index (χ1n) is 4.66. The maximum absolute atomic E-state index is 12.4. The van der Waals surface area contributed by atoms with Crippen molar-refractivity contribution in [2.24, 2.45) is 0 Å². The van der Waals surface area contributed by atoms with Gasteiger partial charge in [0.15, 0.2) is 0 Å². The second-order valence-electron chi connectivity index (χ2n) is 3.44. The maximum atomic E-state index is 12.4. The molecule has 1 aromatic rings. The van der Waals surface area contributed by atoms with Crippen LogP contribution in [0.3, 0.4) is 0 Å². The number of anilines is 1. The average molecular weight is 291 g/mol. The minimum absolute atomic E-state index is 0.0123. The molecule has 0 spiro atoms. The van der Waals surface area contributed by atoms with E-state index >= 15 is 0 Å². The van der Waals surface area contributed by atoms with E-state index in [9.17, 15) is 24.2 Å². The van der Waals surface area contributed by atoms with Crippen molar-refractivity contribution in [2.45, 2.75) is 11.8 Å². The van der Waals surface area contributed by atoms with Crippen molar-refractivity contribution in [3.8, 4) is 0 Å². The molecular weight excluding hydrogens is 281 g/mol. The van der Waals surface area contributed by atoms with Crippen molar-refractivity contribution in [3.05, 3.63) is 23.8 Å². The summed E-state index contributed by atoms with van der Waals surface area (Å²) in [5, 5.41) is 0. The lowest BCUT2D eigenvalue weighted by molar-refractivity contribution is 0.0527. The zero-order valence-corrected chi connectivity index (χ0v) is 9.95. The van der Waals surface area contributed by atoms with Crippen LogP contribution in [0.4, 0.5) is 25.1 Å². The van der Waals surface area contributed by atoms with Crippen LogP contribution in [0.25, 0.3) is 0 Å². The minimum Gasteiger partial charge on any atom is -0.462 e. The van der Waals surface area contributed by atoms with Crippen molar-refractivity contribution in [1.82, 2.24) is 0 Å². The molecule has 3 nitrogen and oxygen atoms in total. The smallest absolute Gasteiger partial charge is 0.340 e. The molecule has 0 aliphatic heterocycles. The van der Waals surface area contributed by atoms with Gasteiger partial charge in [-0.25, -0.2) is 4.79 Å². The summed E-state index contributed by atoms with van der Waals surface area (Å²) in [5.74, 6) is -0.969. The van der Waals surface area contributed by atoms with E-state index in [2.05, 4.69) is 4.74 Å². The van der Waals surface area contributed by atoms with Crippen LogP contribution in [0.1, 0.15) is 17.3 Å². The minimum atomic E-state index is -9.78. The first-order valence-corrected chi connectivity index (χ1v) is 6.61. The third-order valence-electron chi connectivity index (χ3n) is 1.96. The molecule has 1 aromatic carbocycles. The topological polar surface area (TPSA) is 52.3 Å². The number of ether oxygens (including phenoxy) is 1. The number of carbonyl (C=O) groups is 1. The Balaban J connectivity index is 3.29. The van der Waals surface area contributed by atoms with Crippen molar-refractivity contribution >= 4 is 21.9 Å². The average Bonchev–Trinajstić information content (AvgIpc) is 2.14. The molecule has 0 unspecified atom stereocenters. The quantitative estimate of drug-likeness (QED) is 0.518. The van der Waals surface area contributed by atoms with Gasteiger partial charge < -0.3 is 10.5 Å². The Morgan fingerprint density at radius 2 is 1.83 bits per heavy atom. The van der Waals surface area contributed by atoms with E-state index in [1.807, 2.05) is 0 Å². The van der Waals surface area contributed by atoms with Gasteiger partial charge in [-0.3, -0.25) is 0 Å². The third-order valence-corrected chi connectivity index (χ3v) is 3.11. The van der Waals surface area contributed by atoms with Crippen LogP contribution in [0.5, 0.6) is 0 Å². The molecule has 0 radical (unpaired) electrons. The van der Waals surface area contributed by atoms with Gasteiger partial charge in [0.05, 0.1) is 12.2 Å². The Morgan fingerprint density at radius 1 is 1.28 bits per heavy atom. The molecule has 0 heterocycles. The highest BCUT2D eigenvalue weighted by molar-refractivity contribution is 8.45. The van der Waals surface area contributed by atoms with Gasteiger partial charge in [0.25, 0.3) is 0 Å². The first kappa shape index (κ1) is 14.6. The largest absolute Gasteiger partial charge is 0.462 e. The highest BCUT2D eigenvalue weighted by Crippen LogP contribution is 3.02. The Kier molecular flexibility index (Phi) is 2.83. The predicted molar refractivity (Wildman–Crippen MR) is 58.2 cm³/mol. The molecule has 0 fully saturated rings. The zero-order chi connectivity index (χ0) is 14.3. The van der Waals surface area contributed by atoms with Crippen LogP contribution in [0.15, 0.2) is 23.1 Å². The molecule has 0 aliphatic rings. The van der Waals surface area contributed by atoms with Gasteiger partial charge in [-0.15, -0.1) is 0 Å². The summed E-state index contributed by atoms with van der Waals surface area (Å²) in [6.07, 6.45) is 0. The van der Waals surface area contributed by atoms with Crippen LogP contribution in [-0.4, -0.2) is 12.6 Å². The van der Waals surface area contributed by atoms with Gasteiger partial charge >= 0.3 is 16.2 Å². The van der Waals surface area contributed by atoms with Crippen LogP contribution < -0.4 is 5.73 Å². The lowest BCUT2D eigenvalue weighted by atomic mass is 10.2. The molecular formula is C9H10F5NO2S. The van der Waals surface area contributed by atoms with Crippen LogP contribution in [-0.2, 0) is 4.74 Å². The van der Waals surface area contributed by atoms with E-state index in [0.717, 1.165) is 0 Å². The van der Waals surface area contributed by atoms with Crippen molar-refractivity contribution in [1.29, 1.82) is 0 Å². The molecule has 0 saturated carbocycles. The summed E-state index contributed by atoms with van der Waals surface area (Å²) in [6.45, 7) is 1.47. The second kappa shape index (κ2) is 3.50. The Hall–Kier alpha value is -1.51. The number of nitrogens with two attached hydrogens (primary N) is 1. The first-order chi connectivity index (χ1) is 7.85. The molecule has 104 valence electrons. The van der Waals surface area contributed by atoms with Crippen molar-refractivity contribution in [2.75, 3.05) is 12.3 Å². The monoisotopic (exact) mass is 291 g/mol. The van der Waals surface area contributed by atoms with Crippen LogP contribution >= 0.6 is 10.2 Å². The fourth-order valence-electron chi connectivity index (χ4n) is 1.18.